The second-order valence-corrected chi connectivity index (χ2v) is 6.60. The van der Waals surface area contributed by atoms with Gasteiger partial charge in [-0.1, -0.05) is 50.5 Å². The van der Waals surface area contributed by atoms with E-state index in [2.05, 4.69) is 91.4 Å². The smallest absolute Gasteiger partial charge is 0.169 e. The minimum atomic E-state index is 0. The summed E-state index contributed by atoms with van der Waals surface area (Å²) >= 11 is 0. The Bertz CT molecular complexity index is 615. The van der Waals surface area contributed by atoms with Crippen molar-refractivity contribution in [3.63, 3.8) is 0 Å². The van der Waals surface area contributed by atoms with Crippen molar-refractivity contribution in [2.24, 2.45) is 0 Å². The third-order valence-electron chi connectivity index (χ3n) is 4.31. The van der Waals surface area contributed by atoms with Gasteiger partial charge in [0.2, 0.25) is 0 Å². The fraction of sp³-hybridized carbons (Fsp3) is 0.409. The molecule has 136 valence electrons. The zero-order valence-electron chi connectivity index (χ0n) is 15.8. The Morgan fingerprint density at radius 3 is 1.92 bits per heavy atom. The van der Waals surface area contributed by atoms with Crippen molar-refractivity contribution in [3.8, 4) is 0 Å². The number of rotatable bonds is 9. The largest absolute Gasteiger partial charge is 1.00 e. The first-order valence-electron chi connectivity index (χ1n) is 9.13. The summed E-state index contributed by atoms with van der Waals surface area (Å²) in [6.07, 6.45) is 15.4. The summed E-state index contributed by atoms with van der Waals surface area (Å²) in [6.45, 7) is 3.39. The van der Waals surface area contributed by atoms with Gasteiger partial charge >= 0.3 is 0 Å². The second-order valence-electron chi connectivity index (χ2n) is 6.60. The molecule has 2 nitrogen and oxygen atoms in total. The van der Waals surface area contributed by atoms with E-state index in [4.69, 9.17) is 0 Å². The lowest BCUT2D eigenvalue weighted by molar-refractivity contribution is -0.697. The Hall–Kier alpha value is -1.61. The molecule has 2 rings (SSSR count). The highest BCUT2D eigenvalue weighted by molar-refractivity contribution is 5.70. The van der Waals surface area contributed by atoms with Gasteiger partial charge in [0.15, 0.2) is 12.4 Å². The van der Waals surface area contributed by atoms with Crippen LogP contribution in [-0.4, -0.2) is 14.1 Å². The lowest BCUT2D eigenvalue weighted by Gasteiger charge is -2.11. The van der Waals surface area contributed by atoms with Crippen molar-refractivity contribution in [1.82, 2.24) is 0 Å². The Kier molecular flexibility index (Phi) is 10.2. The number of hydrogen-bond donors (Lipinski definition) is 0. The van der Waals surface area contributed by atoms with E-state index in [0.29, 0.717) is 0 Å². The van der Waals surface area contributed by atoms with Gasteiger partial charge in [-0.2, -0.15) is 0 Å². The van der Waals surface area contributed by atoms with E-state index < -0.39 is 0 Å². The SMILES string of the molecule is CCCCCCC[n+]1ccc(C=Cc2ccc(N(C)C)cc2)cc1.[Br-]. The molecule has 0 spiro atoms. The van der Waals surface area contributed by atoms with Gasteiger partial charge in [-0.25, -0.2) is 4.57 Å². The molecule has 0 aliphatic rings. The van der Waals surface area contributed by atoms with Crippen molar-refractivity contribution in [3.05, 3.63) is 59.9 Å². The Labute approximate surface area is 164 Å². The van der Waals surface area contributed by atoms with Gasteiger partial charge in [-0.15, -0.1) is 0 Å². The fourth-order valence-corrected chi connectivity index (χ4v) is 2.70. The molecule has 0 radical (unpaired) electrons. The summed E-state index contributed by atoms with van der Waals surface area (Å²) < 4.78 is 2.29. The van der Waals surface area contributed by atoms with E-state index in [1.807, 2.05) is 0 Å². The van der Waals surface area contributed by atoms with Gasteiger partial charge in [0.25, 0.3) is 0 Å². The van der Waals surface area contributed by atoms with Gasteiger partial charge in [-0.05, 0) is 29.7 Å². The summed E-state index contributed by atoms with van der Waals surface area (Å²) in [5, 5.41) is 0. The van der Waals surface area contributed by atoms with E-state index in [1.165, 1.54) is 48.9 Å². The molecule has 0 N–H and O–H groups in total. The van der Waals surface area contributed by atoms with Crippen molar-refractivity contribution in [1.29, 1.82) is 0 Å². The summed E-state index contributed by atoms with van der Waals surface area (Å²) in [7, 11) is 4.13. The van der Waals surface area contributed by atoms with Gasteiger partial charge in [0.05, 0.1) is 0 Å². The molecule has 0 fully saturated rings. The number of hydrogen-bond acceptors (Lipinski definition) is 1. The second kappa shape index (κ2) is 11.9. The number of halogens is 1. The average Bonchev–Trinajstić information content (AvgIpc) is 2.61. The summed E-state index contributed by atoms with van der Waals surface area (Å²) in [5.74, 6) is 0. The van der Waals surface area contributed by atoms with Crippen LogP contribution in [0.15, 0.2) is 48.8 Å². The molecule has 0 bridgehead atoms. The van der Waals surface area contributed by atoms with Crippen LogP contribution in [0.2, 0.25) is 0 Å². The maximum atomic E-state index is 2.29. The molecule has 0 unspecified atom stereocenters. The molecule has 0 saturated carbocycles. The van der Waals surface area contributed by atoms with E-state index in [0.717, 1.165) is 6.54 Å². The van der Waals surface area contributed by atoms with Crippen molar-refractivity contribution >= 4 is 17.8 Å². The molecule has 0 aliphatic carbocycles. The quantitative estimate of drug-likeness (QED) is 0.460. The molecule has 1 heterocycles. The highest BCUT2D eigenvalue weighted by atomic mass is 79.9. The highest BCUT2D eigenvalue weighted by Crippen LogP contribution is 2.14. The van der Waals surface area contributed by atoms with Crippen molar-refractivity contribution in [2.45, 2.75) is 45.6 Å². The predicted molar refractivity (Wildman–Crippen MR) is 105 cm³/mol. The maximum Gasteiger partial charge on any atom is 0.169 e. The van der Waals surface area contributed by atoms with Crippen LogP contribution < -0.4 is 26.4 Å². The first-order chi connectivity index (χ1) is 11.7. The third kappa shape index (κ3) is 7.87. The van der Waals surface area contributed by atoms with E-state index in [9.17, 15) is 0 Å². The van der Waals surface area contributed by atoms with Crippen LogP contribution in [0, 0.1) is 0 Å². The number of anilines is 1. The predicted octanol–water partition coefficient (Wildman–Crippen LogP) is 2.18. The van der Waals surface area contributed by atoms with Crippen LogP contribution in [0.5, 0.6) is 0 Å². The molecule has 2 aromatic rings. The van der Waals surface area contributed by atoms with Crippen LogP contribution in [0.3, 0.4) is 0 Å². The molecular formula is C22H31BrN2. The summed E-state index contributed by atoms with van der Waals surface area (Å²) in [6, 6.07) is 13.0. The maximum absolute atomic E-state index is 2.29. The van der Waals surface area contributed by atoms with Crippen LogP contribution in [0.4, 0.5) is 5.69 Å². The van der Waals surface area contributed by atoms with Crippen molar-refractivity contribution in [2.75, 3.05) is 19.0 Å². The molecule has 0 atom stereocenters. The Morgan fingerprint density at radius 2 is 1.36 bits per heavy atom. The van der Waals surface area contributed by atoms with E-state index in [1.54, 1.807) is 0 Å². The van der Waals surface area contributed by atoms with Gasteiger partial charge in [0.1, 0.15) is 6.54 Å². The fourth-order valence-electron chi connectivity index (χ4n) is 2.70. The van der Waals surface area contributed by atoms with Crippen molar-refractivity contribution < 1.29 is 21.5 Å². The lowest BCUT2D eigenvalue weighted by Crippen LogP contribution is -3.00. The number of pyridine rings is 1. The van der Waals surface area contributed by atoms with Crippen LogP contribution >= 0.6 is 0 Å². The molecular weight excluding hydrogens is 372 g/mol. The minimum Gasteiger partial charge on any atom is -1.00 e. The lowest BCUT2D eigenvalue weighted by atomic mass is 10.1. The van der Waals surface area contributed by atoms with Gasteiger partial charge in [-0.3, -0.25) is 0 Å². The number of benzene rings is 1. The standard InChI is InChI=1S/C22H31N2.BrH/c1-4-5-6-7-8-17-24-18-15-21(16-19-24)10-9-20-11-13-22(14-12-20)23(2)3;/h9-16,18-19H,4-8,17H2,1-3H3;1H/q+1;/p-1. The number of aryl methyl sites for hydroxylation is 1. The zero-order chi connectivity index (χ0) is 17.2. The van der Waals surface area contributed by atoms with Crippen LogP contribution in [0.1, 0.15) is 50.2 Å². The Balaban J connectivity index is 0.00000312. The summed E-state index contributed by atoms with van der Waals surface area (Å²) in [5.41, 5.74) is 3.70. The van der Waals surface area contributed by atoms with Gasteiger partial charge < -0.3 is 21.9 Å². The number of nitrogens with zero attached hydrogens (tertiary/aromatic N) is 2. The first-order valence-corrected chi connectivity index (χ1v) is 9.13. The van der Waals surface area contributed by atoms with E-state index >= 15 is 0 Å². The zero-order valence-corrected chi connectivity index (χ0v) is 17.4. The average molecular weight is 403 g/mol. The molecule has 25 heavy (non-hydrogen) atoms. The molecule has 3 heteroatoms. The molecule has 0 aliphatic heterocycles. The summed E-state index contributed by atoms with van der Waals surface area (Å²) in [4.78, 5) is 2.12. The first kappa shape index (κ1) is 21.4. The molecule has 0 saturated heterocycles. The molecule has 1 aromatic carbocycles. The number of unbranched alkanes of at least 4 members (excludes halogenated alkanes) is 4. The topological polar surface area (TPSA) is 7.12 Å². The van der Waals surface area contributed by atoms with E-state index in [-0.39, 0.29) is 17.0 Å². The minimum absolute atomic E-state index is 0. The van der Waals surface area contributed by atoms with Crippen LogP contribution in [0.25, 0.3) is 12.2 Å². The Morgan fingerprint density at radius 1 is 0.800 bits per heavy atom. The number of aromatic nitrogens is 1. The normalized spacial score (nSPS) is 10.7. The van der Waals surface area contributed by atoms with Gasteiger partial charge in [0, 0.05) is 38.3 Å². The molecule has 0 amide bonds. The monoisotopic (exact) mass is 402 g/mol. The highest BCUT2D eigenvalue weighted by Gasteiger charge is 2.00. The third-order valence-corrected chi connectivity index (χ3v) is 4.31. The molecule has 1 aromatic heterocycles. The van der Waals surface area contributed by atoms with Crippen LogP contribution in [-0.2, 0) is 6.54 Å².